The first-order chi connectivity index (χ1) is 6.39. The molecule has 3 heteroatoms. The van der Waals surface area contributed by atoms with Gasteiger partial charge in [0.05, 0.1) is 16.1 Å². The van der Waals surface area contributed by atoms with E-state index in [1.54, 1.807) is 0 Å². The molecule has 0 spiro atoms. The smallest absolute Gasteiger partial charge is 0.0775 e. The maximum atomic E-state index is 5.79. The maximum Gasteiger partial charge on any atom is 0.0775 e. The van der Waals surface area contributed by atoms with Gasteiger partial charge in [0.2, 0.25) is 0 Å². The van der Waals surface area contributed by atoms with Crippen molar-refractivity contribution < 1.29 is 4.74 Å². The first-order valence-corrected chi connectivity index (χ1v) is 6.62. The van der Waals surface area contributed by atoms with Crippen LogP contribution in [0.1, 0.15) is 33.6 Å². The lowest BCUT2D eigenvalue weighted by atomic mass is 9.77. The molecule has 0 aliphatic carbocycles. The van der Waals surface area contributed by atoms with Gasteiger partial charge in [0, 0.05) is 0 Å². The monoisotopic (exact) mass is 324 g/mol. The Labute approximate surface area is 104 Å². The van der Waals surface area contributed by atoms with Gasteiger partial charge in [-0.05, 0) is 62.1 Å². The highest BCUT2D eigenvalue weighted by atomic mass is 79.9. The van der Waals surface area contributed by atoms with Crippen molar-refractivity contribution in [3.8, 4) is 0 Å². The maximum absolute atomic E-state index is 5.79. The van der Waals surface area contributed by atoms with E-state index >= 15 is 0 Å². The summed E-state index contributed by atoms with van der Waals surface area (Å²) in [4.78, 5) is 0. The fraction of sp³-hybridized carbons (Fsp3) is 0.818. The Bertz CT molecular complexity index is 206. The lowest BCUT2D eigenvalue weighted by molar-refractivity contribution is -0.0241. The second-order valence-corrected chi connectivity index (χ2v) is 7.74. The summed E-state index contributed by atoms with van der Waals surface area (Å²) in [5.41, 5.74) is 0.375. The third-order valence-electron chi connectivity index (χ3n) is 2.85. The van der Waals surface area contributed by atoms with Crippen LogP contribution in [0.2, 0.25) is 0 Å². The fourth-order valence-corrected chi connectivity index (χ4v) is 2.32. The van der Waals surface area contributed by atoms with E-state index in [4.69, 9.17) is 4.74 Å². The zero-order chi connectivity index (χ0) is 10.8. The molecule has 1 nitrogen and oxygen atoms in total. The number of halogens is 2. The first kappa shape index (κ1) is 12.7. The average molecular weight is 326 g/mol. The summed E-state index contributed by atoms with van der Waals surface area (Å²) < 4.78 is 6.78. The molecule has 14 heavy (non-hydrogen) atoms. The Morgan fingerprint density at radius 3 is 2.29 bits per heavy atom. The Morgan fingerprint density at radius 2 is 1.93 bits per heavy atom. The molecule has 0 aromatic rings. The van der Waals surface area contributed by atoms with E-state index in [0.29, 0.717) is 11.3 Å². The van der Waals surface area contributed by atoms with Crippen LogP contribution in [0.3, 0.4) is 0 Å². The average Bonchev–Trinajstić information content (AvgIpc) is 2.02. The normalized spacial score (nSPS) is 28.6. The van der Waals surface area contributed by atoms with Crippen molar-refractivity contribution in [2.45, 2.75) is 39.7 Å². The number of hydrogen-bond acceptors (Lipinski definition) is 1. The Hall–Kier alpha value is 0.660. The molecule has 0 amide bonds. The van der Waals surface area contributed by atoms with Gasteiger partial charge in [-0.1, -0.05) is 20.8 Å². The molecule has 0 radical (unpaired) electrons. The van der Waals surface area contributed by atoms with Crippen LogP contribution in [0.15, 0.2) is 9.47 Å². The summed E-state index contributed by atoms with van der Waals surface area (Å²) in [6.07, 6.45) is 4.75. The molecule has 0 N–H and O–H groups in total. The zero-order valence-electron chi connectivity index (χ0n) is 9.02. The molecule has 0 unspecified atom stereocenters. The van der Waals surface area contributed by atoms with Gasteiger partial charge in [0.25, 0.3) is 0 Å². The summed E-state index contributed by atoms with van der Waals surface area (Å²) in [5.74, 6) is 0.696. The molecule has 2 atom stereocenters. The third-order valence-corrected chi connectivity index (χ3v) is 3.38. The van der Waals surface area contributed by atoms with E-state index in [9.17, 15) is 0 Å². The molecular weight excluding hydrogens is 308 g/mol. The van der Waals surface area contributed by atoms with Gasteiger partial charge >= 0.3 is 0 Å². The third kappa shape index (κ3) is 4.03. The van der Waals surface area contributed by atoms with Crippen molar-refractivity contribution in [3.05, 3.63) is 9.47 Å². The molecule has 1 saturated heterocycles. The topological polar surface area (TPSA) is 9.23 Å². The molecule has 1 fully saturated rings. The summed E-state index contributed by atoms with van der Waals surface area (Å²) in [6, 6.07) is 0. The fourth-order valence-electron chi connectivity index (χ4n) is 1.73. The minimum absolute atomic E-state index is 0.280. The molecule has 0 aromatic heterocycles. The first-order valence-electron chi connectivity index (χ1n) is 5.04. The second kappa shape index (κ2) is 5.13. The highest BCUT2D eigenvalue weighted by Gasteiger charge is 2.29. The molecule has 0 aromatic carbocycles. The van der Waals surface area contributed by atoms with Crippen LogP contribution in [-0.2, 0) is 4.74 Å². The molecule has 0 saturated carbocycles. The van der Waals surface area contributed by atoms with Gasteiger partial charge in [-0.3, -0.25) is 0 Å². The van der Waals surface area contributed by atoms with E-state index in [-0.39, 0.29) is 6.10 Å². The van der Waals surface area contributed by atoms with Gasteiger partial charge in [-0.25, -0.2) is 0 Å². The largest absolute Gasteiger partial charge is 0.374 e. The summed E-state index contributed by atoms with van der Waals surface area (Å²) in [6.45, 7) is 7.75. The van der Waals surface area contributed by atoms with E-state index < -0.39 is 0 Å². The quantitative estimate of drug-likeness (QED) is 0.691. The Kier molecular flexibility index (Phi) is 4.66. The van der Waals surface area contributed by atoms with Gasteiger partial charge in [-0.15, -0.1) is 0 Å². The van der Waals surface area contributed by atoms with Crippen LogP contribution >= 0.6 is 31.9 Å². The highest BCUT2D eigenvalue weighted by molar-refractivity contribution is 9.28. The van der Waals surface area contributed by atoms with Gasteiger partial charge in [-0.2, -0.15) is 0 Å². The zero-order valence-corrected chi connectivity index (χ0v) is 12.2. The van der Waals surface area contributed by atoms with Crippen molar-refractivity contribution in [3.63, 3.8) is 0 Å². The summed E-state index contributed by atoms with van der Waals surface area (Å²) in [7, 11) is 0. The molecule has 1 aliphatic heterocycles. The van der Waals surface area contributed by atoms with Crippen molar-refractivity contribution in [2.75, 3.05) is 6.61 Å². The molecule has 82 valence electrons. The second-order valence-electron chi connectivity index (χ2n) is 4.97. The highest BCUT2D eigenvalue weighted by Crippen LogP contribution is 2.34. The Morgan fingerprint density at radius 1 is 1.29 bits per heavy atom. The lowest BCUT2D eigenvalue weighted by Gasteiger charge is -2.36. The number of hydrogen-bond donors (Lipinski definition) is 0. The van der Waals surface area contributed by atoms with E-state index in [1.807, 2.05) is 0 Å². The number of rotatable bonds is 1. The molecular formula is C11H18Br2O. The van der Waals surface area contributed by atoms with Crippen LogP contribution in [0, 0.1) is 11.3 Å². The van der Waals surface area contributed by atoms with Crippen LogP contribution in [-0.4, -0.2) is 12.7 Å². The SMILES string of the molecule is CC(C)(C)[C@@H]1CC[C@H](C=C(Br)Br)OC1. The van der Waals surface area contributed by atoms with Gasteiger partial charge in [0.15, 0.2) is 0 Å². The van der Waals surface area contributed by atoms with E-state index in [0.717, 1.165) is 16.4 Å². The van der Waals surface area contributed by atoms with Gasteiger partial charge < -0.3 is 4.74 Å². The predicted molar refractivity (Wildman–Crippen MR) is 67.9 cm³/mol. The summed E-state index contributed by atoms with van der Waals surface area (Å²) >= 11 is 6.72. The lowest BCUT2D eigenvalue weighted by Crippen LogP contribution is -2.32. The van der Waals surface area contributed by atoms with Crippen molar-refractivity contribution in [1.29, 1.82) is 0 Å². The minimum atomic E-state index is 0.280. The van der Waals surface area contributed by atoms with Crippen molar-refractivity contribution in [2.24, 2.45) is 11.3 Å². The van der Waals surface area contributed by atoms with E-state index in [2.05, 4.69) is 58.7 Å². The minimum Gasteiger partial charge on any atom is -0.374 e. The predicted octanol–water partition coefficient (Wildman–Crippen LogP) is 4.46. The molecule has 1 heterocycles. The molecule has 1 aliphatic rings. The van der Waals surface area contributed by atoms with Crippen LogP contribution < -0.4 is 0 Å². The van der Waals surface area contributed by atoms with Gasteiger partial charge in [0.1, 0.15) is 0 Å². The summed E-state index contributed by atoms with van der Waals surface area (Å²) in [5, 5.41) is 0. The van der Waals surface area contributed by atoms with Crippen molar-refractivity contribution in [1.82, 2.24) is 0 Å². The van der Waals surface area contributed by atoms with E-state index in [1.165, 1.54) is 6.42 Å². The van der Waals surface area contributed by atoms with Crippen LogP contribution in [0.4, 0.5) is 0 Å². The van der Waals surface area contributed by atoms with Crippen LogP contribution in [0.5, 0.6) is 0 Å². The van der Waals surface area contributed by atoms with Crippen LogP contribution in [0.25, 0.3) is 0 Å². The molecule has 1 rings (SSSR count). The standard InChI is InChI=1S/C11H18Br2O/c1-11(2,3)8-4-5-9(14-7-8)6-10(12)13/h6,8-9H,4-5,7H2,1-3H3/t8-,9-/m1/s1. The van der Waals surface area contributed by atoms with Crippen molar-refractivity contribution >= 4 is 31.9 Å². The Balaban J connectivity index is 2.43. The number of ether oxygens (including phenoxy) is 1. The molecule has 0 bridgehead atoms.